The van der Waals surface area contributed by atoms with Crippen LogP contribution >= 0.6 is 0 Å². The highest BCUT2D eigenvalue weighted by atomic mass is 19.1. The first-order valence-electron chi connectivity index (χ1n) is 8.23. The summed E-state index contributed by atoms with van der Waals surface area (Å²) in [6.07, 6.45) is 2.75. The molecule has 0 saturated carbocycles. The molecule has 1 aromatic carbocycles. The molecule has 0 spiro atoms. The lowest BCUT2D eigenvalue weighted by Gasteiger charge is -2.37. The van der Waals surface area contributed by atoms with Gasteiger partial charge in [-0.25, -0.2) is 33.8 Å². The van der Waals surface area contributed by atoms with Gasteiger partial charge in [-0.2, -0.15) is 0 Å². The Labute approximate surface area is 165 Å². The van der Waals surface area contributed by atoms with E-state index in [4.69, 9.17) is 19.7 Å². The summed E-state index contributed by atoms with van der Waals surface area (Å²) in [5.74, 6) is -3.01. The van der Waals surface area contributed by atoms with Gasteiger partial charge in [-0.3, -0.25) is 0 Å². The van der Waals surface area contributed by atoms with Crippen LogP contribution < -0.4 is 0 Å². The van der Waals surface area contributed by atoms with Crippen LogP contribution in [0.4, 0.5) is 14.5 Å². The second-order valence-corrected chi connectivity index (χ2v) is 6.35. The van der Waals surface area contributed by atoms with Gasteiger partial charge < -0.3 is 0 Å². The lowest BCUT2D eigenvalue weighted by atomic mass is 9.66. The second kappa shape index (κ2) is 7.25. The Morgan fingerprint density at radius 2 is 1.45 bits per heavy atom. The van der Waals surface area contributed by atoms with Gasteiger partial charge in [-0.15, -0.1) is 0 Å². The van der Waals surface area contributed by atoms with Gasteiger partial charge in [0.15, 0.2) is 0 Å². The molecule has 0 amide bonds. The molecule has 0 N–H and O–H groups in total. The molecule has 0 heterocycles. The maximum Gasteiger partial charge on any atom is 0.266 e. The molecule has 0 fully saturated rings. The molecule has 5 nitrogen and oxygen atoms in total. The fourth-order valence-corrected chi connectivity index (χ4v) is 3.69. The molecule has 0 bridgehead atoms. The third-order valence-electron chi connectivity index (χ3n) is 4.92. The van der Waals surface area contributed by atoms with Crippen molar-refractivity contribution in [2.24, 2.45) is 11.8 Å². The van der Waals surface area contributed by atoms with Crippen molar-refractivity contribution in [2.75, 3.05) is 0 Å². The Morgan fingerprint density at radius 1 is 0.931 bits per heavy atom. The molecule has 0 saturated heterocycles. The maximum atomic E-state index is 14.4. The molecule has 0 aliphatic heterocycles. The molecule has 0 aromatic heterocycles. The number of benzene rings is 1. The SMILES string of the molecule is [C-]#[N+]/C(C#N)=C1\c2cc(F)c([N+]#[C-])cc2/C(=C(/C#N)[N+]#[C-])C2C=C(C)C(F)=CC12. The van der Waals surface area contributed by atoms with E-state index >= 15 is 0 Å². The number of hydrogen-bond donors (Lipinski definition) is 0. The van der Waals surface area contributed by atoms with E-state index < -0.39 is 23.5 Å². The summed E-state index contributed by atoms with van der Waals surface area (Å²) in [6, 6.07) is 5.80. The van der Waals surface area contributed by atoms with Crippen LogP contribution in [0.5, 0.6) is 0 Å². The molecule has 2 unspecified atom stereocenters. The van der Waals surface area contributed by atoms with Gasteiger partial charge in [-0.05, 0) is 53.0 Å². The molecule has 1 aromatic rings. The summed E-state index contributed by atoms with van der Waals surface area (Å²) in [4.78, 5) is 9.61. The van der Waals surface area contributed by atoms with E-state index in [1.165, 1.54) is 25.1 Å². The largest absolute Gasteiger partial charge is 0.266 e. The fraction of sp³-hybridized carbons (Fsp3) is 0.136. The molecule has 0 radical (unpaired) electrons. The van der Waals surface area contributed by atoms with Crippen molar-refractivity contribution in [3.63, 3.8) is 0 Å². The van der Waals surface area contributed by atoms with E-state index in [1.807, 2.05) is 6.07 Å². The Balaban J connectivity index is 2.59. The number of rotatable bonds is 0. The normalized spacial score (nSPS) is 22.7. The van der Waals surface area contributed by atoms with Crippen molar-refractivity contribution in [2.45, 2.75) is 6.92 Å². The minimum Gasteiger partial charge on any atom is -0.235 e. The van der Waals surface area contributed by atoms with Crippen molar-refractivity contribution in [3.8, 4) is 12.1 Å². The van der Waals surface area contributed by atoms with E-state index in [0.29, 0.717) is 0 Å². The van der Waals surface area contributed by atoms with Crippen LogP contribution in [0.15, 0.2) is 47.1 Å². The van der Waals surface area contributed by atoms with Crippen molar-refractivity contribution >= 4 is 16.8 Å². The van der Waals surface area contributed by atoms with Gasteiger partial charge >= 0.3 is 0 Å². The van der Waals surface area contributed by atoms with Crippen LogP contribution in [0.2, 0.25) is 0 Å². The minimum absolute atomic E-state index is 0.104. The number of nitriles is 2. The average Bonchev–Trinajstić information content (AvgIpc) is 2.72. The Morgan fingerprint density at radius 3 is 1.93 bits per heavy atom. The third kappa shape index (κ3) is 2.87. The highest BCUT2D eigenvalue weighted by Crippen LogP contribution is 2.53. The minimum atomic E-state index is -0.871. The molecule has 2 atom stereocenters. The van der Waals surface area contributed by atoms with Gasteiger partial charge in [0.1, 0.15) is 11.6 Å². The van der Waals surface area contributed by atoms with Crippen LogP contribution in [0.3, 0.4) is 0 Å². The highest BCUT2D eigenvalue weighted by Gasteiger charge is 2.40. The highest BCUT2D eigenvalue weighted by molar-refractivity contribution is 5.94. The van der Waals surface area contributed by atoms with Gasteiger partial charge in [0.2, 0.25) is 5.69 Å². The standard InChI is InChI=1S/C22H9F2N5/c1-11-5-12-13(6-16(11)23)22(20(10-26)29-4)14-7-17(24)18(27-2)8-15(14)21(12)19(9-25)28-3/h5-8,12-13H,1H3/b21-19-,22-20-. The lowest BCUT2D eigenvalue weighted by molar-refractivity contribution is 0.584. The number of halogens is 2. The molecular weight excluding hydrogens is 372 g/mol. The smallest absolute Gasteiger partial charge is 0.235 e. The molecule has 2 aliphatic carbocycles. The monoisotopic (exact) mass is 381 g/mol. The lowest BCUT2D eigenvalue weighted by Crippen LogP contribution is -2.25. The molecule has 2 aliphatic rings. The number of fused-ring (bicyclic) bond motifs is 2. The van der Waals surface area contributed by atoms with E-state index in [1.54, 1.807) is 6.07 Å². The Bertz CT molecular complexity index is 1260. The zero-order chi connectivity index (χ0) is 21.3. The van der Waals surface area contributed by atoms with Crippen LogP contribution in [0.1, 0.15) is 18.1 Å². The summed E-state index contributed by atoms with van der Waals surface area (Å²) in [5, 5.41) is 18.9. The zero-order valence-electron chi connectivity index (χ0n) is 15.0. The molecular formula is C22H9F2N5. The Kier molecular flexibility index (Phi) is 4.81. The van der Waals surface area contributed by atoms with Crippen molar-refractivity contribution < 1.29 is 8.78 Å². The predicted octanol–water partition coefficient (Wildman–Crippen LogP) is 5.74. The molecule has 29 heavy (non-hydrogen) atoms. The van der Waals surface area contributed by atoms with Gasteiger partial charge in [0.25, 0.3) is 11.4 Å². The van der Waals surface area contributed by atoms with Crippen molar-refractivity contribution in [1.82, 2.24) is 0 Å². The number of hydrogen-bond acceptors (Lipinski definition) is 2. The summed E-state index contributed by atoms with van der Waals surface area (Å²) in [5.41, 5.74) is 0.00913. The van der Waals surface area contributed by atoms with Crippen LogP contribution in [0.25, 0.3) is 25.7 Å². The van der Waals surface area contributed by atoms with E-state index in [-0.39, 0.29) is 44.9 Å². The van der Waals surface area contributed by atoms with Gasteiger partial charge in [0, 0.05) is 11.8 Å². The topological polar surface area (TPSA) is 60.7 Å². The maximum absolute atomic E-state index is 14.4. The van der Waals surface area contributed by atoms with E-state index in [2.05, 4.69) is 14.5 Å². The van der Waals surface area contributed by atoms with Crippen LogP contribution in [-0.4, -0.2) is 0 Å². The Hall–Kier alpha value is -4.51. The quantitative estimate of drug-likeness (QED) is 0.425. The first kappa shape index (κ1) is 19.3. The third-order valence-corrected chi connectivity index (χ3v) is 4.92. The number of nitrogens with zero attached hydrogens (tertiary/aromatic N) is 5. The van der Waals surface area contributed by atoms with Gasteiger partial charge in [0.05, 0.1) is 31.9 Å². The average molecular weight is 381 g/mol. The summed E-state index contributed by atoms with van der Waals surface area (Å²) < 4.78 is 28.9. The molecule has 3 rings (SSSR count). The molecule has 136 valence electrons. The second-order valence-electron chi connectivity index (χ2n) is 6.35. The summed E-state index contributed by atoms with van der Waals surface area (Å²) in [6.45, 7) is 23.4. The van der Waals surface area contributed by atoms with Crippen LogP contribution in [-0.2, 0) is 0 Å². The van der Waals surface area contributed by atoms with Crippen molar-refractivity contribution in [3.05, 3.63) is 98.3 Å². The predicted molar refractivity (Wildman–Crippen MR) is 101 cm³/mol. The van der Waals surface area contributed by atoms with E-state index in [0.717, 1.165) is 6.07 Å². The fourth-order valence-electron chi connectivity index (χ4n) is 3.69. The first-order chi connectivity index (χ1) is 13.9. The summed E-state index contributed by atoms with van der Waals surface area (Å²) >= 11 is 0. The van der Waals surface area contributed by atoms with Crippen LogP contribution in [0, 0.1) is 60.0 Å². The van der Waals surface area contributed by atoms with Gasteiger partial charge in [-0.1, -0.05) is 6.08 Å². The van der Waals surface area contributed by atoms with E-state index in [9.17, 15) is 19.3 Å². The van der Waals surface area contributed by atoms with Crippen molar-refractivity contribution in [1.29, 1.82) is 10.5 Å². The summed E-state index contributed by atoms with van der Waals surface area (Å²) in [7, 11) is 0. The zero-order valence-corrected chi connectivity index (χ0v) is 15.0. The molecule has 7 heteroatoms. The number of allylic oxidation sites excluding steroid dienone is 8. The first-order valence-corrected chi connectivity index (χ1v) is 8.23.